The van der Waals surface area contributed by atoms with Crippen molar-refractivity contribution in [2.45, 2.75) is 77.7 Å². The third-order valence-corrected chi connectivity index (χ3v) is 6.17. The lowest BCUT2D eigenvalue weighted by Crippen LogP contribution is -2.46. The Hall–Kier alpha value is -3.68. The molecule has 0 aliphatic carbocycles. The number of ether oxygens (including phenoxy) is 1. The first-order valence-electron chi connectivity index (χ1n) is 13.2. The summed E-state index contributed by atoms with van der Waals surface area (Å²) < 4.78 is 61.7. The van der Waals surface area contributed by atoms with E-state index < -0.39 is 67.3 Å². The highest BCUT2D eigenvalue weighted by Crippen LogP contribution is 2.37. The average molecular weight is 588 g/mol. The highest BCUT2D eigenvalue weighted by Gasteiger charge is 2.51. The summed E-state index contributed by atoms with van der Waals surface area (Å²) in [7, 11) is 1.22. The lowest BCUT2D eigenvalue weighted by molar-refractivity contribution is -0.183. The molecule has 228 valence electrons. The van der Waals surface area contributed by atoms with E-state index in [0.717, 1.165) is 12.1 Å². The molecule has 3 rings (SSSR count). The van der Waals surface area contributed by atoms with E-state index in [2.05, 4.69) is 29.6 Å². The molecule has 0 spiro atoms. The number of amides is 3. The number of alkyl halides is 3. The number of hydrogen-bond acceptors (Lipinski definition) is 6. The minimum Gasteiger partial charge on any atom is -0.496 e. The van der Waals surface area contributed by atoms with Gasteiger partial charge in [0.15, 0.2) is 0 Å². The summed E-state index contributed by atoms with van der Waals surface area (Å²) in [5, 5.41) is 18.5. The number of aliphatic hydroxyl groups excluding tert-OH is 1. The third-order valence-electron chi connectivity index (χ3n) is 6.17. The van der Waals surface area contributed by atoms with Gasteiger partial charge >= 0.3 is 6.18 Å². The predicted molar refractivity (Wildman–Crippen MR) is 143 cm³/mol. The molecule has 1 aliphatic heterocycles. The average Bonchev–Trinajstić information content (AvgIpc) is 3.55. The van der Waals surface area contributed by atoms with Crippen molar-refractivity contribution in [1.82, 2.24) is 20.0 Å². The van der Waals surface area contributed by atoms with Gasteiger partial charge < -0.3 is 25.4 Å². The lowest BCUT2D eigenvalue weighted by atomic mass is 9.97. The summed E-state index contributed by atoms with van der Waals surface area (Å²) in [6.07, 6.45) is -4.02. The molecule has 14 heteroatoms. The molecular formula is C27H37F4N5O5. The van der Waals surface area contributed by atoms with Gasteiger partial charge in [-0.05, 0) is 32.9 Å². The number of anilines is 1. The van der Waals surface area contributed by atoms with Gasteiger partial charge in [0.05, 0.1) is 31.4 Å². The zero-order chi connectivity index (χ0) is 31.1. The Bertz CT molecular complexity index is 1220. The monoisotopic (exact) mass is 587 g/mol. The highest BCUT2D eigenvalue weighted by atomic mass is 19.4. The quantitative estimate of drug-likeness (QED) is 0.401. The van der Waals surface area contributed by atoms with Gasteiger partial charge in [-0.3, -0.25) is 19.1 Å². The van der Waals surface area contributed by atoms with Crippen LogP contribution in [0.15, 0.2) is 24.4 Å². The zero-order valence-electron chi connectivity index (χ0n) is 23.9. The molecule has 41 heavy (non-hydrogen) atoms. The van der Waals surface area contributed by atoms with Gasteiger partial charge in [-0.2, -0.15) is 18.3 Å². The summed E-state index contributed by atoms with van der Waals surface area (Å²) in [6.45, 7) is 8.21. The van der Waals surface area contributed by atoms with Crippen LogP contribution in [0, 0.1) is 5.82 Å². The Kier molecular flexibility index (Phi) is 11.7. The maximum atomic E-state index is 14.9. The number of nitrogens with one attached hydrogen (secondary N) is 2. The predicted octanol–water partition coefficient (Wildman–Crippen LogP) is 4.02. The van der Waals surface area contributed by atoms with E-state index in [0.29, 0.717) is 4.90 Å². The van der Waals surface area contributed by atoms with Crippen molar-refractivity contribution in [1.29, 1.82) is 0 Å². The molecule has 1 fully saturated rings. The minimum atomic E-state index is -4.74. The molecule has 0 radical (unpaired) electrons. The van der Waals surface area contributed by atoms with Crippen molar-refractivity contribution in [3.8, 4) is 5.75 Å². The number of halogens is 4. The van der Waals surface area contributed by atoms with Gasteiger partial charge in [-0.15, -0.1) is 0 Å². The van der Waals surface area contributed by atoms with E-state index in [1.165, 1.54) is 37.4 Å². The normalized spacial score (nSPS) is 17.5. The van der Waals surface area contributed by atoms with Crippen LogP contribution in [0.1, 0.15) is 75.5 Å². The Morgan fingerprint density at radius 3 is 2.39 bits per heavy atom. The van der Waals surface area contributed by atoms with Gasteiger partial charge in [0.25, 0.3) is 5.91 Å². The van der Waals surface area contributed by atoms with Crippen molar-refractivity contribution in [2.75, 3.05) is 25.5 Å². The molecule has 2 heterocycles. The Balaban J connectivity index is 0.00000187. The van der Waals surface area contributed by atoms with Gasteiger partial charge in [0, 0.05) is 36.8 Å². The number of carbonyl (C=O) groups is 3. The molecule has 3 atom stereocenters. The second-order valence-electron chi connectivity index (χ2n) is 9.93. The van der Waals surface area contributed by atoms with Crippen LogP contribution in [0.25, 0.3) is 0 Å². The number of benzene rings is 1. The maximum Gasteiger partial charge on any atom is 0.408 e. The van der Waals surface area contributed by atoms with Crippen LogP contribution < -0.4 is 15.4 Å². The summed E-state index contributed by atoms with van der Waals surface area (Å²) >= 11 is 0. The fraction of sp³-hybridized carbons (Fsp3) is 0.556. The molecule has 1 aromatic heterocycles. The van der Waals surface area contributed by atoms with Crippen molar-refractivity contribution >= 4 is 23.4 Å². The highest BCUT2D eigenvalue weighted by molar-refractivity contribution is 5.98. The molecule has 10 nitrogen and oxygen atoms in total. The standard InChI is InChI=1S/C24H29F4N5O5.C3H8/c1-12(2)33-18(5-6-30-33)22(36)29-10-21(35)31-17-9-19(38-4)15(8-16(17)25)13(3)23(37)32-11-14(34)7-20(32)24(26,27)28;1-3-2/h5-6,8-9,12-14,20,34H,7,10-11H2,1-4H3,(H,29,36)(H,31,35);3H2,1-2H3. The van der Waals surface area contributed by atoms with Crippen molar-refractivity contribution in [3.05, 3.63) is 41.5 Å². The molecule has 0 saturated carbocycles. The first kappa shape index (κ1) is 33.5. The van der Waals surface area contributed by atoms with E-state index >= 15 is 0 Å². The summed E-state index contributed by atoms with van der Waals surface area (Å²) in [5.41, 5.74) is -0.117. The molecule has 3 N–H and O–H groups in total. The largest absolute Gasteiger partial charge is 0.496 e. The van der Waals surface area contributed by atoms with E-state index in [4.69, 9.17) is 4.74 Å². The summed E-state index contributed by atoms with van der Waals surface area (Å²) in [6, 6.07) is 1.23. The first-order chi connectivity index (χ1) is 19.2. The molecule has 0 bridgehead atoms. The number of methoxy groups -OCH3 is 1. The molecule has 1 aliphatic rings. The number of β-amino-alcohol motifs (C(OH)–C–C–N with tert-alkyl or cyclic N) is 1. The summed E-state index contributed by atoms with van der Waals surface area (Å²) in [5.74, 6) is -4.53. The SMILES string of the molecule is CCC.COc1cc(NC(=O)CNC(=O)c2ccnn2C(C)C)c(F)cc1C(C)C(=O)N1CC(O)CC1C(F)(F)F. The van der Waals surface area contributed by atoms with Crippen LogP contribution in [0.3, 0.4) is 0 Å². The number of nitrogens with zero attached hydrogens (tertiary/aromatic N) is 3. The summed E-state index contributed by atoms with van der Waals surface area (Å²) in [4.78, 5) is 38.2. The number of likely N-dealkylation sites (tertiary alicyclic amines) is 1. The van der Waals surface area contributed by atoms with E-state index in [1.54, 1.807) is 0 Å². The maximum absolute atomic E-state index is 14.9. The van der Waals surface area contributed by atoms with Gasteiger partial charge in [0.1, 0.15) is 23.3 Å². The first-order valence-corrected chi connectivity index (χ1v) is 13.2. The molecule has 1 saturated heterocycles. The van der Waals surface area contributed by atoms with E-state index in [-0.39, 0.29) is 28.7 Å². The van der Waals surface area contributed by atoms with Crippen LogP contribution >= 0.6 is 0 Å². The number of hydrogen-bond donors (Lipinski definition) is 3. The number of rotatable bonds is 8. The fourth-order valence-electron chi connectivity index (χ4n) is 4.28. The number of aliphatic hydroxyl groups is 1. The fourth-order valence-corrected chi connectivity index (χ4v) is 4.28. The smallest absolute Gasteiger partial charge is 0.408 e. The third kappa shape index (κ3) is 8.41. The van der Waals surface area contributed by atoms with Crippen molar-refractivity contribution in [2.24, 2.45) is 0 Å². The topological polar surface area (TPSA) is 126 Å². The Morgan fingerprint density at radius 1 is 1.20 bits per heavy atom. The Labute approximate surface area is 236 Å². The van der Waals surface area contributed by atoms with Gasteiger partial charge in [0.2, 0.25) is 11.8 Å². The van der Waals surface area contributed by atoms with E-state index in [1.807, 2.05) is 13.8 Å². The zero-order valence-corrected chi connectivity index (χ0v) is 23.9. The molecule has 3 unspecified atom stereocenters. The number of aromatic nitrogens is 2. The van der Waals surface area contributed by atoms with Gasteiger partial charge in [-0.1, -0.05) is 20.3 Å². The second-order valence-corrected chi connectivity index (χ2v) is 9.93. The van der Waals surface area contributed by atoms with Gasteiger partial charge in [-0.25, -0.2) is 4.39 Å². The van der Waals surface area contributed by atoms with Crippen LogP contribution in [-0.2, 0) is 9.59 Å². The molecular weight excluding hydrogens is 550 g/mol. The van der Waals surface area contributed by atoms with Crippen molar-refractivity contribution < 1.29 is 41.8 Å². The van der Waals surface area contributed by atoms with Crippen LogP contribution in [0.2, 0.25) is 0 Å². The molecule has 2 aromatic rings. The second kappa shape index (κ2) is 14.3. The molecule has 1 aromatic carbocycles. The lowest BCUT2D eigenvalue weighted by Gasteiger charge is -2.29. The van der Waals surface area contributed by atoms with Crippen LogP contribution in [-0.4, -0.2) is 76.0 Å². The minimum absolute atomic E-state index is 0.0365. The number of carbonyl (C=O) groups excluding carboxylic acids is 3. The van der Waals surface area contributed by atoms with Crippen molar-refractivity contribution in [3.63, 3.8) is 0 Å². The van der Waals surface area contributed by atoms with Crippen LogP contribution in [0.4, 0.5) is 23.2 Å². The molecule has 3 amide bonds. The van der Waals surface area contributed by atoms with E-state index in [9.17, 15) is 37.1 Å². The van der Waals surface area contributed by atoms with Crippen LogP contribution in [0.5, 0.6) is 5.75 Å². The Morgan fingerprint density at radius 2 is 1.83 bits per heavy atom.